The Bertz CT molecular complexity index is 1360. The molecule has 1 unspecified atom stereocenters. The molecule has 1 aromatic heterocycles. The molecule has 0 radical (unpaired) electrons. The van der Waals surface area contributed by atoms with Crippen molar-refractivity contribution in [3.05, 3.63) is 87.3 Å². The quantitative estimate of drug-likeness (QED) is 0.491. The van der Waals surface area contributed by atoms with E-state index < -0.39 is 23.6 Å². The van der Waals surface area contributed by atoms with Crippen molar-refractivity contribution >= 4 is 34.9 Å². The molecule has 2 heterocycles. The van der Waals surface area contributed by atoms with Crippen LogP contribution in [-0.4, -0.2) is 35.5 Å². The van der Waals surface area contributed by atoms with Gasteiger partial charge >= 0.3 is 12.1 Å². The zero-order valence-corrected chi connectivity index (χ0v) is 20.6. The SMILES string of the molecule is Cc1noc(C2=CC3=CC(C4(C(=O)O)CCOCC4)=CC3=C2)c1NC(=O)OC(C)c1ccccc1Cl. The molecule has 9 heteroatoms. The number of allylic oxidation sites excluding steroid dienone is 7. The van der Waals surface area contributed by atoms with E-state index in [0.29, 0.717) is 53.8 Å². The molecule has 186 valence electrons. The lowest BCUT2D eigenvalue weighted by molar-refractivity contribution is -0.151. The highest BCUT2D eigenvalue weighted by molar-refractivity contribution is 6.31. The smallest absolute Gasteiger partial charge is 0.412 e. The van der Waals surface area contributed by atoms with Crippen LogP contribution in [0.3, 0.4) is 0 Å². The van der Waals surface area contributed by atoms with Crippen molar-refractivity contribution in [2.45, 2.75) is 32.8 Å². The van der Waals surface area contributed by atoms with Crippen molar-refractivity contribution in [1.82, 2.24) is 5.16 Å². The summed E-state index contributed by atoms with van der Waals surface area (Å²) in [7, 11) is 0. The van der Waals surface area contributed by atoms with Crippen molar-refractivity contribution in [3.8, 4) is 0 Å². The number of hydrogen-bond acceptors (Lipinski definition) is 6. The second kappa shape index (κ2) is 9.44. The lowest BCUT2D eigenvalue weighted by atomic mass is 9.74. The van der Waals surface area contributed by atoms with Gasteiger partial charge in [-0.1, -0.05) is 35.0 Å². The number of nitrogens with zero attached hydrogens (tertiary/aromatic N) is 1. The van der Waals surface area contributed by atoms with Gasteiger partial charge in [-0.15, -0.1) is 0 Å². The van der Waals surface area contributed by atoms with Gasteiger partial charge in [0.2, 0.25) is 0 Å². The molecule has 0 spiro atoms. The molecule has 2 N–H and O–H groups in total. The molecule has 1 amide bonds. The van der Waals surface area contributed by atoms with Crippen LogP contribution in [0.25, 0.3) is 5.57 Å². The number of carbonyl (C=O) groups excluding carboxylic acids is 1. The summed E-state index contributed by atoms with van der Waals surface area (Å²) in [6.45, 7) is 4.31. The Labute approximate surface area is 212 Å². The van der Waals surface area contributed by atoms with E-state index in [9.17, 15) is 14.7 Å². The molecular formula is C27H25ClN2O6. The Balaban J connectivity index is 1.34. The average molecular weight is 509 g/mol. The number of carbonyl (C=O) groups is 2. The van der Waals surface area contributed by atoms with E-state index in [-0.39, 0.29) is 0 Å². The highest BCUT2D eigenvalue weighted by Crippen LogP contribution is 2.47. The van der Waals surface area contributed by atoms with Crippen LogP contribution in [0.1, 0.15) is 42.9 Å². The number of halogens is 1. The molecule has 3 aliphatic rings. The highest BCUT2D eigenvalue weighted by atomic mass is 35.5. The van der Waals surface area contributed by atoms with Gasteiger partial charge < -0.3 is 19.1 Å². The maximum absolute atomic E-state index is 12.7. The van der Waals surface area contributed by atoms with Crippen molar-refractivity contribution < 1.29 is 28.7 Å². The number of anilines is 1. The largest absolute Gasteiger partial charge is 0.481 e. The maximum Gasteiger partial charge on any atom is 0.412 e. The van der Waals surface area contributed by atoms with E-state index >= 15 is 0 Å². The van der Waals surface area contributed by atoms with E-state index in [1.165, 1.54) is 0 Å². The third-order valence-corrected chi connectivity index (χ3v) is 7.21. The fourth-order valence-electron chi connectivity index (χ4n) is 4.80. The van der Waals surface area contributed by atoms with Gasteiger partial charge in [-0.25, -0.2) is 4.79 Å². The summed E-state index contributed by atoms with van der Waals surface area (Å²) in [5.74, 6) is -0.438. The molecule has 1 aromatic carbocycles. The molecule has 1 atom stereocenters. The van der Waals surface area contributed by atoms with E-state index in [0.717, 1.165) is 22.3 Å². The van der Waals surface area contributed by atoms with E-state index in [2.05, 4.69) is 10.5 Å². The number of fused-ring (bicyclic) bond motifs is 1. The standard InChI is InChI=1S/C27H25ClN2O6/c1-15-23(29-26(33)35-16(2)21-5-3-4-6-22(21)28)24(36-30-15)19-11-17-13-20(14-18(17)12-19)27(25(31)32)7-9-34-10-8-27/h3-6,11-14,16H,7-10H2,1-2H3,(H,29,33)(H,31,32). The number of amides is 1. The number of carboxylic acid groups (broad SMARTS) is 1. The topological polar surface area (TPSA) is 111 Å². The molecule has 1 fully saturated rings. The van der Waals surface area contributed by atoms with Gasteiger partial charge in [0.05, 0.1) is 5.41 Å². The van der Waals surface area contributed by atoms with E-state index in [1.807, 2.05) is 36.4 Å². The Morgan fingerprint density at radius 2 is 1.81 bits per heavy atom. The predicted octanol–water partition coefficient (Wildman–Crippen LogP) is 6.02. The fraction of sp³-hybridized carbons (Fsp3) is 0.296. The first-order valence-electron chi connectivity index (χ1n) is 11.7. The Morgan fingerprint density at radius 3 is 2.50 bits per heavy atom. The summed E-state index contributed by atoms with van der Waals surface area (Å²) in [4.78, 5) is 24.8. The van der Waals surface area contributed by atoms with E-state index in [4.69, 9.17) is 25.6 Å². The summed E-state index contributed by atoms with van der Waals surface area (Å²) in [6.07, 6.45) is 7.27. The monoisotopic (exact) mass is 508 g/mol. The Morgan fingerprint density at radius 1 is 1.11 bits per heavy atom. The van der Waals surface area contributed by atoms with Gasteiger partial charge in [-0.3, -0.25) is 10.1 Å². The van der Waals surface area contributed by atoms with Crippen LogP contribution in [0, 0.1) is 12.3 Å². The fourth-order valence-corrected chi connectivity index (χ4v) is 5.09. The first kappa shape index (κ1) is 24.1. The minimum atomic E-state index is -0.942. The Hall–Kier alpha value is -3.62. The molecule has 8 nitrogen and oxygen atoms in total. The molecule has 2 aliphatic carbocycles. The van der Waals surface area contributed by atoms with Gasteiger partial charge in [-0.2, -0.15) is 0 Å². The van der Waals surface area contributed by atoms with Crippen LogP contribution < -0.4 is 5.32 Å². The third kappa shape index (κ3) is 4.27. The third-order valence-electron chi connectivity index (χ3n) is 6.86. The predicted molar refractivity (Wildman–Crippen MR) is 134 cm³/mol. The zero-order chi connectivity index (χ0) is 25.4. The number of aromatic nitrogens is 1. The highest BCUT2D eigenvalue weighted by Gasteiger charge is 2.44. The van der Waals surface area contributed by atoms with Crippen LogP contribution in [0.15, 0.2) is 69.8 Å². The lowest BCUT2D eigenvalue weighted by Crippen LogP contribution is -2.38. The van der Waals surface area contributed by atoms with Crippen LogP contribution in [0.4, 0.5) is 10.5 Å². The summed E-state index contributed by atoms with van der Waals surface area (Å²) >= 11 is 6.21. The summed E-state index contributed by atoms with van der Waals surface area (Å²) in [5.41, 5.74) is 3.95. The molecule has 5 rings (SSSR count). The zero-order valence-electron chi connectivity index (χ0n) is 19.8. The number of aryl methyl sites for hydroxylation is 1. The Kier molecular flexibility index (Phi) is 6.32. The molecule has 36 heavy (non-hydrogen) atoms. The van der Waals surface area contributed by atoms with Crippen molar-refractivity contribution in [3.63, 3.8) is 0 Å². The van der Waals surface area contributed by atoms with Crippen LogP contribution in [0.2, 0.25) is 5.02 Å². The number of benzene rings is 1. The molecule has 1 aliphatic heterocycles. The molecule has 2 aromatic rings. The molecule has 0 bridgehead atoms. The maximum atomic E-state index is 12.7. The van der Waals surface area contributed by atoms with Crippen molar-refractivity contribution in [1.29, 1.82) is 0 Å². The first-order chi connectivity index (χ1) is 17.3. The minimum Gasteiger partial charge on any atom is -0.481 e. The number of nitrogens with one attached hydrogen (secondary N) is 1. The normalized spacial score (nSPS) is 19.0. The van der Waals surface area contributed by atoms with Gasteiger partial charge in [0.25, 0.3) is 0 Å². The summed E-state index contributed by atoms with van der Waals surface area (Å²) in [5, 5.41) is 17.3. The molecule has 0 saturated carbocycles. The number of hydrogen-bond donors (Lipinski definition) is 2. The average Bonchev–Trinajstić information content (AvgIpc) is 3.53. The molecular weight excluding hydrogens is 484 g/mol. The summed E-state index contributed by atoms with van der Waals surface area (Å²) < 4.78 is 16.5. The first-order valence-corrected chi connectivity index (χ1v) is 12.0. The minimum absolute atomic E-state index is 0.395. The van der Waals surface area contributed by atoms with E-state index in [1.54, 1.807) is 26.0 Å². The van der Waals surface area contributed by atoms with Crippen LogP contribution in [-0.2, 0) is 14.3 Å². The van der Waals surface area contributed by atoms with Crippen molar-refractivity contribution in [2.24, 2.45) is 5.41 Å². The van der Waals surface area contributed by atoms with Gasteiger partial charge in [0.15, 0.2) is 5.76 Å². The second-order valence-electron chi connectivity index (χ2n) is 9.06. The van der Waals surface area contributed by atoms with Crippen LogP contribution >= 0.6 is 11.6 Å². The second-order valence-corrected chi connectivity index (χ2v) is 9.47. The van der Waals surface area contributed by atoms with Gasteiger partial charge in [-0.05, 0) is 73.8 Å². The number of ether oxygens (including phenoxy) is 2. The number of carboxylic acids is 1. The summed E-state index contributed by atoms with van der Waals surface area (Å²) in [6, 6.07) is 7.17. The lowest BCUT2D eigenvalue weighted by Gasteiger charge is -2.33. The number of rotatable bonds is 6. The van der Waals surface area contributed by atoms with Gasteiger partial charge in [0, 0.05) is 29.4 Å². The number of aliphatic carboxylic acids is 1. The van der Waals surface area contributed by atoms with Crippen molar-refractivity contribution in [2.75, 3.05) is 18.5 Å². The van der Waals surface area contributed by atoms with Gasteiger partial charge in [0.1, 0.15) is 17.5 Å². The molecule has 1 saturated heterocycles. The van der Waals surface area contributed by atoms with Crippen LogP contribution in [0.5, 0.6) is 0 Å².